The summed E-state index contributed by atoms with van der Waals surface area (Å²) in [4.78, 5) is 14.5. The second kappa shape index (κ2) is 10.4. The first kappa shape index (κ1) is 22.8. The Morgan fingerprint density at radius 2 is 1.93 bits per heavy atom. The van der Waals surface area contributed by atoms with Crippen molar-refractivity contribution >= 4 is 15.7 Å². The van der Waals surface area contributed by atoms with E-state index in [-0.39, 0.29) is 30.0 Å². The number of benzene rings is 1. The number of sulfone groups is 1. The lowest BCUT2D eigenvalue weighted by molar-refractivity contribution is -0.122. The Balaban J connectivity index is 1.88. The lowest BCUT2D eigenvalue weighted by Crippen LogP contribution is -2.44. The fraction of sp³-hybridized carbons (Fsp3) is 0.667. The highest BCUT2D eigenvalue weighted by Gasteiger charge is 2.32. The van der Waals surface area contributed by atoms with Gasteiger partial charge in [-0.1, -0.05) is 17.7 Å². The normalized spacial score (nSPS) is 18.5. The molecule has 1 aliphatic rings. The summed E-state index contributed by atoms with van der Waals surface area (Å²) in [5.41, 5.74) is 5.04. The molecule has 1 aromatic rings. The molecule has 2 rings (SSSR count). The van der Waals surface area contributed by atoms with Gasteiger partial charge in [0.15, 0.2) is 9.84 Å². The van der Waals surface area contributed by atoms with E-state index in [2.05, 4.69) is 38.2 Å². The Kier molecular flexibility index (Phi) is 8.46. The van der Waals surface area contributed by atoms with Crippen LogP contribution in [0.25, 0.3) is 0 Å². The molecule has 0 spiro atoms. The molecule has 6 nitrogen and oxygen atoms in total. The largest absolute Gasteiger partial charge is 0.385 e. The number of methoxy groups -OCH3 is 1. The van der Waals surface area contributed by atoms with E-state index >= 15 is 0 Å². The maximum absolute atomic E-state index is 12.5. The van der Waals surface area contributed by atoms with Crippen molar-refractivity contribution in [1.29, 1.82) is 0 Å². The van der Waals surface area contributed by atoms with Gasteiger partial charge in [0.2, 0.25) is 5.91 Å². The first-order chi connectivity index (χ1) is 13.2. The van der Waals surface area contributed by atoms with E-state index in [4.69, 9.17) is 4.74 Å². The van der Waals surface area contributed by atoms with Crippen molar-refractivity contribution in [1.82, 2.24) is 10.2 Å². The van der Waals surface area contributed by atoms with Crippen LogP contribution < -0.4 is 5.32 Å². The molecule has 1 heterocycles. The van der Waals surface area contributed by atoms with Crippen LogP contribution in [-0.2, 0) is 25.8 Å². The maximum Gasteiger partial charge on any atom is 0.234 e. The quantitative estimate of drug-likeness (QED) is 0.595. The molecule has 1 fully saturated rings. The van der Waals surface area contributed by atoms with E-state index in [1.165, 1.54) is 22.3 Å². The Labute approximate surface area is 169 Å². The summed E-state index contributed by atoms with van der Waals surface area (Å²) < 4.78 is 28.8. The third-order valence-corrected chi connectivity index (χ3v) is 7.15. The fourth-order valence-corrected chi connectivity index (χ4v) is 5.80. The number of amides is 1. The Morgan fingerprint density at radius 3 is 2.50 bits per heavy atom. The predicted molar refractivity (Wildman–Crippen MR) is 112 cm³/mol. The minimum absolute atomic E-state index is 0.0517. The van der Waals surface area contributed by atoms with Crippen LogP contribution in [0.3, 0.4) is 0 Å². The molecule has 28 heavy (non-hydrogen) atoms. The van der Waals surface area contributed by atoms with Crippen molar-refractivity contribution in [2.24, 2.45) is 0 Å². The molecular formula is C21H34N2O4S. The van der Waals surface area contributed by atoms with Crippen LogP contribution in [-0.4, -0.2) is 70.1 Å². The van der Waals surface area contributed by atoms with Gasteiger partial charge in [0.1, 0.15) is 0 Å². The zero-order chi connectivity index (χ0) is 20.7. The SMILES string of the molecule is COCCCN(CC(=O)NCCc1c(C)cc(C)cc1C)C1CCS(=O)(=O)C1. The van der Waals surface area contributed by atoms with Gasteiger partial charge in [-0.3, -0.25) is 9.69 Å². The second-order valence-electron chi connectivity index (χ2n) is 7.85. The molecule has 1 unspecified atom stereocenters. The molecule has 7 heteroatoms. The van der Waals surface area contributed by atoms with Crippen molar-refractivity contribution in [3.8, 4) is 0 Å². The second-order valence-corrected chi connectivity index (χ2v) is 10.1. The van der Waals surface area contributed by atoms with Crippen LogP contribution >= 0.6 is 0 Å². The van der Waals surface area contributed by atoms with Crippen LogP contribution in [0.15, 0.2) is 12.1 Å². The molecular weight excluding hydrogens is 376 g/mol. The zero-order valence-corrected chi connectivity index (χ0v) is 18.4. The Bertz CT molecular complexity index is 754. The summed E-state index contributed by atoms with van der Waals surface area (Å²) in [6.45, 7) is 8.38. The summed E-state index contributed by atoms with van der Waals surface area (Å²) in [5, 5.41) is 3.00. The monoisotopic (exact) mass is 410 g/mol. The maximum atomic E-state index is 12.5. The van der Waals surface area contributed by atoms with E-state index in [9.17, 15) is 13.2 Å². The first-order valence-electron chi connectivity index (χ1n) is 9.98. The molecule has 1 aromatic carbocycles. The lowest BCUT2D eigenvalue weighted by Gasteiger charge is -2.27. The van der Waals surface area contributed by atoms with Gasteiger partial charge in [-0.05, 0) is 56.7 Å². The van der Waals surface area contributed by atoms with Gasteiger partial charge in [0.05, 0.1) is 18.1 Å². The Hall–Kier alpha value is -1.44. The summed E-state index contributed by atoms with van der Waals surface area (Å²) >= 11 is 0. The van der Waals surface area contributed by atoms with Crippen LogP contribution in [0, 0.1) is 20.8 Å². The third kappa shape index (κ3) is 6.87. The summed E-state index contributed by atoms with van der Waals surface area (Å²) in [6.07, 6.45) is 2.18. The van der Waals surface area contributed by atoms with Crippen LogP contribution in [0.2, 0.25) is 0 Å². The van der Waals surface area contributed by atoms with Crippen molar-refractivity contribution in [3.63, 3.8) is 0 Å². The minimum atomic E-state index is -2.98. The van der Waals surface area contributed by atoms with E-state index in [1.54, 1.807) is 7.11 Å². The average Bonchev–Trinajstić information content (AvgIpc) is 2.96. The number of aryl methyl sites for hydroxylation is 3. The number of nitrogens with one attached hydrogen (secondary N) is 1. The van der Waals surface area contributed by atoms with E-state index in [1.807, 2.05) is 4.90 Å². The lowest BCUT2D eigenvalue weighted by atomic mass is 9.97. The van der Waals surface area contributed by atoms with Gasteiger partial charge in [0.25, 0.3) is 0 Å². The van der Waals surface area contributed by atoms with Gasteiger partial charge in [0, 0.05) is 32.8 Å². The van der Waals surface area contributed by atoms with E-state index in [0.717, 1.165) is 12.8 Å². The molecule has 158 valence electrons. The standard InChI is InChI=1S/C21H34N2O4S/c1-16-12-17(2)20(18(3)13-16)6-8-22-21(24)14-23(9-5-10-27-4)19-7-11-28(25,26)15-19/h12-13,19H,5-11,14-15H2,1-4H3,(H,22,24). The van der Waals surface area contributed by atoms with Crippen molar-refractivity contribution in [3.05, 3.63) is 34.4 Å². The smallest absolute Gasteiger partial charge is 0.234 e. The van der Waals surface area contributed by atoms with Crippen molar-refractivity contribution in [2.45, 2.75) is 46.1 Å². The number of carbonyl (C=O) groups excluding carboxylic acids is 1. The number of hydrogen-bond acceptors (Lipinski definition) is 5. The molecule has 1 aliphatic heterocycles. The first-order valence-corrected chi connectivity index (χ1v) is 11.8. The van der Waals surface area contributed by atoms with Crippen LogP contribution in [0.1, 0.15) is 35.1 Å². The average molecular weight is 411 g/mol. The van der Waals surface area contributed by atoms with E-state index in [0.29, 0.717) is 26.1 Å². The van der Waals surface area contributed by atoms with E-state index < -0.39 is 9.84 Å². The van der Waals surface area contributed by atoms with Gasteiger partial charge < -0.3 is 10.1 Å². The van der Waals surface area contributed by atoms with Crippen molar-refractivity contribution in [2.75, 3.05) is 44.9 Å². The highest BCUT2D eigenvalue weighted by molar-refractivity contribution is 7.91. The van der Waals surface area contributed by atoms with Gasteiger partial charge in [-0.2, -0.15) is 0 Å². The molecule has 0 radical (unpaired) electrons. The van der Waals surface area contributed by atoms with Gasteiger partial charge in [-0.15, -0.1) is 0 Å². The molecule has 0 aliphatic carbocycles. The fourth-order valence-electron chi connectivity index (χ4n) is 4.04. The molecule has 0 bridgehead atoms. The summed E-state index contributed by atoms with van der Waals surface area (Å²) in [5.74, 6) is 0.310. The van der Waals surface area contributed by atoms with Crippen LogP contribution in [0.4, 0.5) is 0 Å². The predicted octanol–water partition coefficient (Wildman–Crippen LogP) is 1.80. The number of rotatable bonds is 10. The molecule has 1 amide bonds. The minimum Gasteiger partial charge on any atom is -0.385 e. The topological polar surface area (TPSA) is 75.7 Å². The molecule has 0 aromatic heterocycles. The number of hydrogen-bond donors (Lipinski definition) is 1. The highest BCUT2D eigenvalue weighted by Crippen LogP contribution is 2.18. The van der Waals surface area contributed by atoms with Crippen LogP contribution in [0.5, 0.6) is 0 Å². The van der Waals surface area contributed by atoms with Crippen molar-refractivity contribution < 1.29 is 17.9 Å². The summed E-state index contributed by atoms with van der Waals surface area (Å²) in [7, 11) is -1.33. The molecule has 1 atom stereocenters. The number of carbonyl (C=O) groups is 1. The van der Waals surface area contributed by atoms with Gasteiger partial charge >= 0.3 is 0 Å². The molecule has 1 saturated heterocycles. The number of ether oxygens (including phenoxy) is 1. The molecule has 1 N–H and O–H groups in total. The van der Waals surface area contributed by atoms with Gasteiger partial charge in [-0.25, -0.2) is 8.42 Å². The molecule has 0 saturated carbocycles. The third-order valence-electron chi connectivity index (χ3n) is 5.40. The number of nitrogens with zero attached hydrogens (tertiary/aromatic N) is 1. The zero-order valence-electron chi connectivity index (χ0n) is 17.6. The highest BCUT2D eigenvalue weighted by atomic mass is 32.2. The Morgan fingerprint density at radius 1 is 1.25 bits per heavy atom. The summed E-state index contributed by atoms with van der Waals surface area (Å²) in [6, 6.07) is 4.26.